The molecular weight excluding hydrogens is 400 g/mol. The Morgan fingerprint density at radius 1 is 0.938 bits per heavy atom. The Hall–Kier alpha value is -3.86. The second-order valence-electron chi connectivity index (χ2n) is 7.86. The van der Waals surface area contributed by atoms with Gasteiger partial charge in [0.05, 0.1) is 12.7 Å². The average Bonchev–Trinajstić information content (AvgIpc) is 2.84. The largest absolute Gasteiger partial charge is 0.497 e. The minimum atomic E-state index is -0.191. The lowest BCUT2D eigenvalue weighted by molar-refractivity contribution is 0.0939. The van der Waals surface area contributed by atoms with Crippen molar-refractivity contribution in [2.45, 2.75) is 25.8 Å². The Kier molecular flexibility index (Phi) is 6.36. The van der Waals surface area contributed by atoms with E-state index < -0.39 is 0 Å². The molecule has 1 heterocycles. The van der Waals surface area contributed by atoms with Gasteiger partial charge in [-0.2, -0.15) is 0 Å². The third-order valence-electron chi connectivity index (χ3n) is 5.61. The van der Waals surface area contributed by atoms with Gasteiger partial charge in [-0.1, -0.05) is 48.5 Å². The molecule has 1 unspecified atom stereocenters. The first-order valence-electron chi connectivity index (χ1n) is 10.7. The molecule has 0 fully saturated rings. The highest BCUT2D eigenvalue weighted by Crippen LogP contribution is 2.20. The number of nitrogens with one attached hydrogen (secondary N) is 1. The normalized spacial score (nSPS) is 11.8. The molecule has 162 valence electrons. The van der Waals surface area contributed by atoms with E-state index in [1.807, 2.05) is 43.3 Å². The van der Waals surface area contributed by atoms with Crippen molar-refractivity contribution in [3.8, 4) is 11.4 Å². The summed E-state index contributed by atoms with van der Waals surface area (Å²) in [5.74, 6) is 0.511. The SMILES string of the molecule is COc1ccc(-n2cc(C(=O)NC(C)CCc3ccccc3)c3ccccc3c2=O)cc1. The van der Waals surface area contributed by atoms with Crippen LogP contribution in [0, 0.1) is 0 Å². The highest BCUT2D eigenvalue weighted by molar-refractivity contribution is 6.06. The van der Waals surface area contributed by atoms with Gasteiger partial charge in [-0.15, -0.1) is 0 Å². The molecule has 32 heavy (non-hydrogen) atoms. The fourth-order valence-corrected chi connectivity index (χ4v) is 3.81. The Bertz CT molecular complexity index is 1280. The van der Waals surface area contributed by atoms with Gasteiger partial charge in [0.25, 0.3) is 11.5 Å². The molecule has 0 radical (unpaired) electrons. The summed E-state index contributed by atoms with van der Waals surface area (Å²) in [6.07, 6.45) is 3.34. The number of benzene rings is 3. The Labute approximate surface area is 187 Å². The van der Waals surface area contributed by atoms with Crippen LogP contribution < -0.4 is 15.6 Å². The molecule has 1 aromatic heterocycles. The Balaban J connectivity index is 1.64. The van der Waals surface area contributed by atoms with Crippen molar-refractivity contribution in [2.24, 2.45) is 0 Å². The standard InChI is InChI=1S/C27H26N2O3/c1-19(12-13-20-8-4-3-5-9-20)28-26(30)25-18-29(21-14-16-22(32-2)17-15-21)27(31)24-11-7-6-10-23(24)25/h3-11,14-19H,12-13H2,1-2H3,(H,28,30). The lowest BCUT2D eigenvalue weighted by atomic mass is 10.0. The monoisotopic (exact) mass is 426 g/mol. The highest BCUT2D eigenvalue weighted by Gasteiger charge is 2.17. The molecule has 0 saturated carbocycles. The number of nitrogens with zero attached hydrogens (tertiary/aromatic N) is 1. The second kappa shape index (κ2) is 9.52. The topological polar surface area (TPSA) is 60.3 Å². The molecule has 4 rings (SSSR count). The van der Waals surface area contributed by atoms with E-state index in [9.17, 15) is 9.59 Å². The van der Waals surface area contributed by atoms with Gasteiger partial charge in [-0.25, -0.2) is 0 Å². The predicted molar refractivity (Wildman–Crippen MR) is 128 cm³/mol. The first-order chi connectivity index (χ1) is 15.6. The van der Waals surface area contributed by atoms with Gasteiger partial charge in [0, 0.05) is 28.7 Å². The quantitative estimate of drug-likeness (QED) is 0.464. The average molecular weight is 427 g/mol. The van der Waals surface area contributed by atoms with Gasteiger partial charge < -0.3 is 10.1 Å². The van der Waals surface area contributed by atoms with E-state index in [0.29, 0.717) is 27.8 Å². The van der Waals surface area contributed by atoms with Crippen LogP contribution in [0.5, 0.6) is 5.75 Å². The Morgan fingerprint density at radius 3 is 2.28 bits per heavy atom. The van der Waals surface area contributed by atoms with Crippen LogP contribution in [0.25, 0.3) is 16.5 Å². The lowest BCUT2D eigenvalue weighted by Gasteiger charge is -2.17. The summed E-state index contributed by atoms with van der Waals surface area (Å²) in [6, 6.07) is 24.6. The summed E-state index contributed by atoms with van der Waals surface area (Å²) in [6.45, 7) is 2.00. The van der Waals surface area contributed by atoms with E-state index in [-0.39, 0.29) is 17.5 Å². The third kappa shape index (κ3) is 4.57. The van der Waals surface area contributed by atoms with Crippen LogP contribution in [0.1, 0.15) is 29.3 Å². The van der Waals surface area contributed by atoms with Crippen molar-refractivity contribution in [3.05, 3.63) is 107 Å². The number of carbonyl (C=O) groups is 1. The molecule has 5 heteroatoms. The third-order valence-corrected chi connectivity index (χ3v) is 5.61. The summed E-state index contributed by atoms with van der Waals surface area (Å²) < 4.78 is 6.73. The first-order valence-corrected chi connectivity index (χ1v) is 10.7. The van der Waals surface area contributed by atoms with Crippen molar-refractivity contribution >= 4 is 16.7 Å². The van der Waals surface area contributed by atoms with Gasteiger partial charge >= 0.3 is 0 Å². The number of pyridine rings is 1. The molecule has 1 N–H and O–H groups in total. The van der Waals surface area contributed by atoms with E-state index in [1.54, 1.807) is 43.6 Å². The Morgan fingerprint density at radius 2 is 1.59 bits per heavy atom. The van der Waals surface area contributed by atoms with Crippen LogP contribution in [0.15, 0.2) is 89.9 Å². The predicted octanol–water partition coefficient (Wildman–Crippen LogP) is 4.75. The van der Waals surface area contributed by atoms with Crippen LogP contribution in [0.4, 0.5) is 0 Å². The van der Waals surface area contributed by atoms with Crippen LogP contribution in [0.3, 0.4) is 0 Å². The summed E-state index contributed by atoms with van der Waals surface area (Å²) in [4.78, 5) is 26.4. The molecule has 0 aliphatic rings. The fraction of sp³-hybridized carbons (Fsp3) is 0.185. The number of aryl methyl sites for hydroxylation is 1. The van der Waals surface area contributed by atoms with Gasteiger partial charge in [-0.05, 0) is 55.7 Å². The lowest BCUT2D eigenvalue weighted by Crippen LogP contribution is -2.34. The van der Waals surface area contributed by atoms with Crippen LogP contribution in [-0.2, 0) is 6.42 Å². The van der Waals surface area contributed by atoms with E-state index in [1.165, 1.54) is 10.1 Å². The minimum Gasteiger partial charge on any atom is -0.497 e. The van der Waals surface area contributed by atoms with Gasteiger partial charge in [-0.3, -0.25) is 14.2 Å². The first kappa shape index (κ1) is 21.4. The molecule has 0 aliphatic carbocycles. The summed E-state index contributed by atoms with van der Waals surface area (Å²) >= 11 is 0. The van der Waals surface area contributed by atoms with E-state index in [4.69, 9.17) is 4.74 Å². The molecule has 0 spiro atoms. The maximum atomic E-state index is 13.2. The highest BCUT2D eigenvalue weighted by atomic mass is 16.5. The molecular formula is C27H26N2O3. The summed E-state index contributed by atoms with van der Waals surface area (Å²) in [5.41, 5.74) is 2.22. The van der Waals surface area contributed by atoms with Crippen molar-refractivity contribution in [2.75, 3.05) is 7.11 Å². The number of methoxy groups -OCH3 is 1. The molecule has 4 aromatic rings. The maximum absolute atomic E-state index is 13.2. The molecule has 1 atom stereocenters. The number of ether oxygens (including phenoxy) is 1. The summed E-state index contributed by atoms with van der Waals surface area (Å²) in [5, 5.41) is 4.26. The zero-order chi connectivity index (χ0) is 22.5. The minimum absolute atomic E-state index is 0.0113. The van der Waals surface area contributed by atoms with E-state index >= 15 is 0 Å². The number of hydrogen-bond acceptors (Lipinski definition) is 3. The number of fused-ring (bicyclic) bond motifs is 1. The van der Waals surface area contributed by atoms with Crippen molar-refractivity contribution < 1.29 is 9.53 Å². The number of amides is 1. The summed E-state index contributed by atoms with van der Waals surface area (Å²) in [7, 11) is 1.60. The van der Waals surface area contributed by atoms with Crippen molar-refractivity contribution in [1.29, 1.82) is 0 Å². The molecule has 0 bridgehead atoms. The maximum Gasteiger partial charge on any atom is 0.262 e. The van der Waals surface area contributed by atoms with Crippen LogP contribution >= 0.6 is 0 Å². The van der Waals surface area contributed by atoms with Crippen molar-refractivity contribution in [3.63, 3.8) is 0 Å². The van der Waals surface area contributed by atoms with Crippen molar-refractivity contribution in [1.82, 2.24) is 9.88 Å². The van der Waals surface area contributed by atoms with Crippen LogP contribution in [-0.4, -0.2) is 23.6 Å². The number of aromatic nitrogens is 1. The van der Waals surface area contributed by atoms with E-state index in [2.05, 4.69) is 17.4 Å². The zero-order valence-corrected chi connectivity index (χ0v) is 18.2. The number of carbonyl (C=O) groups excluding carboxylic acids is 1. The van der Waals surface area contributed by atoms with Crippen LogP contribution in [0.2, 0.25) is 0 Å². The van der Waals surface area contributed by atoms with Gasteiger partial charge in [0.15, 0.2) is 0 Å². The molecule has 0 aliphatic heterocycles. The molecule has 5 nitrogen and oxygen atoms in total. The number of rotatable bonds is 7. The van der Waals surface area contributed by atoms with Gasteiger partial charge in [0.2, 0.25) is 0 Å². The fourth-order valence-electron chi connectivity index (χ4n) is 3.81. The second-order valence-corrected chi connectivity index (χ2v) is 7.86. The van der Waals surface area contributed by atoms with Gasteiger partial charge in [0.1, 0.15) is 5.75 Å². The zero-order valence-electron chi connectivity index (χ0n) is 18.2. The molecule has 3 aromatic carbocycles. The van der Waals surface area contributed by atoms with E-state index in [0.717, 1.165) is 12.8 Å². The molecule has 1 amide bonds. The smallest absolute Gasteiger partial charge is 0.262 e. The molecule has 0 saturated heterocycles. The number of hydrogen-bond donors (Lipinski definition) is 1.